The number of aromatic nitrogens is 1. The first kappa shape index (κ1) is 22.2. The number of furan rings is 1. The maximum atomic E-state index is 6.32. The van der Waals surface area contributed by atoms with Gasteiger partial charge in [0.2, 0.25) is 0 Å². The molecule has 38 heavy (non-hydrogen) atoms. The minimum atomic E-state index is 0.823. The molecule has 0 N–H and O–H groups in total. The highest BCUT2D eigenvalue weighted by Gasteiger charge is 2.19. The Bertz CT molecular complexity index is 1790. The van der Waals surface area contributed by atoms with Crippen molar-refractivity contribution in [1.82, 2.24) is 9.88 Å². The molecule has 0 fully saturated rings. The van der Waals surface area contributed by atoms with Gasteiger partial charge in [-0.15, -0.1) is 0 Å². The molecule has 0 bridgehead atoms. The molecule has 1 aliphatic heterocycles. The Balaban J connectivity index is 1.36. The number of hydrogen-bond donors (Lipinski definition) is 0. The van der Waals surface area contributed by atoms with Gasteiger partial charge < -0.3 is 14.2 Å². The van der Waals surface area contributed by atoms with Gasteiger partial charge in [0.1, 0.15) is 17.0 Å². The fraction of sp³-hybridized carbons (Fsp3) is 0.0606. The van der Waals surface area contributed by atoms with E-state index < -0.39 is 0 Å². The summed E-state index contributed by atoms with van der Waals surface area (Å²) in [6, 6.07) is 39.6. The molecule has 0 unspecified atom stereocenters. The second kappa shape index (κ2) is 9.12. The third kappa shape index (κ3) is 3.85. The fourth-order valence-corrected chi connectivity index (χ4v) is 5.14. The Morgan fingerprint density at radius 3 is 2.34 bits per heavy atom. The zero-order chi connectivity index (χ0) is 25.5. The summed E-state index contributed by atoms with van der Waals surface area (Å²) >= 11 is 0. The summed E-state index contributed by atoms with van der Waals surface area (Å²) in [5.74, 6) is 0.841. The van der Waals surface area contributed by atoms with Gasteiger partial charge in [0, 0.05) is 52.8 Å². The van der Waals surface area contributed by atoms with Crippen LogP contribution in [0, 0.1) is 0 Å². The van der Waals surface area contributed by atoms with Gasteiger partial charge in [-0.2, -0.15) is 0 Å². The summed E-state index contributed by atoms with van der Waals surface area (Å²) in [5, 5.41) is 2.21. The van der Waals surface area contributed by atoms with Crippen molar-refractivity contribution >= 4 is 44.8 Å². The third-order valence-corrected chi connectivity index (χ3v) is 6.95. The van der Waals surface area contributed by atoms with Crippen LogP contribution >= 0.6 is 0 Å². The Labute approximate surface area is 221 Å². The number of rotatable bonds is 5. The van der Waals surface area contributed by atoms with Crippen LogP contribution in [0.2, 0.25) is 0 Å². The molecule has 184 valence electrons. The summed E-state index contributed by atoms with van der Waals surface area (Å²) in [4.78, 5) is 11.8. The van der Waals surface area contributed by atoms with Crippen molar-refractivity contribution in [1.29, 1.82) is 0 Å². The normalized spacial score (nSPS) is 13.1. The summed E-state index contributed by atoms with van der Waals surface area (Å²) in [6.07, 6.45) is 4.20. The van der Waals surface area contributed by atoms with E-state index in [2.05, 4.69) is 125 Å². The van der Waals surface area contributed by atoms with E-state index in [9.17, 15) is 0 Å². The van der Waals surface area contributed by atoms with Gasteiger partial charge in [-0.25, -0.2) is 4.98 Å². The van der Waals surface area contributed by atoms with Crippen LogP contribution in [0.15, 0.2) is 132 Å². The molecule has 0 spiro atoms. The van der Waals surface area contributed by atoms with Crippen molar-refractivity contribution < 1.29 is 4.42 Å². The molecule has 0 saturated heterocycles. The molecule has 0 radical (unpaired) electrons. The lowest BCUT2D eigenvalue weighted by Crippen LogP contribution is -2.22. The number of hydrogen-bond acceptors (Lipinski definition) is 5. The molecule has 0 saturated carbocycles. The van der Waals surface area contributed by atoms with Crippen LogP contribution < -0.4 is 9.80 Å². The first-order valence-corrected chi connectivity index (χ1v) is 12.7. The van der Waals surface area contributed by atoms with Crippen LogP contribution in [0.5, 0.6) is 0 Å². The van der Waals surface area contributed by atoms with Crippen LogP contribution in [0.25, 0.3) is 33.2 Å². The van der Waals surface area contributed by atoms with Crippen molar-refractivity contribution in [3.05, 3.63) is 128 Å². The van der Waals surface area contributed by atoms with Gasteiger partial charge in [0.15, 0.2) is 0 Å². The lowest BCUT2D eigenvalue weighted by atomic mass is 10.1. The Kier molecular flexibility index (Phi) is 5.33. The topological polar surface area (TPSA) is 35.8 Å². The SMILES string of the molecule is CN1C=CN(c2cccc(N(c3ccccc3)c3cccc(-c4cccc5c4oc4ccccc45)n3)c2)C1. The molecule has 7 rings (SSSR count). The molecule has 6 aromatic rings. The molecule has 4 aromatic carbocycles. The van der Waals surface area contributed by atoms with Gasteiger partial charge in [0.25, 0.3) is 0 Å². The van der Waals surface area contributed by atoms with E-state index in [1.54, 1.807) is 0 Å². The number of nitrogens with zero attached hydrogens (tertiary/aromatic N) is 4. The monoisotopic (exact) mass is 494 g/mol. The fourth-order valence-electron chi connectivity index (χ4n) is 5.14. The molecule has 3 heterocycles. The van der Waals surface area contributed by atoms with E-state index in [-0.39, 0.29) is 0 Å². The van der Waals surface area contributed by atoms with Crippen LogP contribution in [-0.4, -0.2) is 23.6 Å². The first-order chi connectivity index (χ1) is 18.7. The highest BCUT2D eigenvalue weighted by molar-refractivity contribution is 6.09. The highest BCUT2D eigenvalue weighted by Crippen LogP contribution is 2.39. The zero-order valence-electron chi connectivity index (χ0n) is 21.0. The predicted octanol–water partition coefficient (Wildman–Crippen LogP) is 8.30. The smallest absolute Gasteiger partial charge is 0.144 e. The molecule has 0 atom stereocenters. The summed E-state index contributed by atoms with van der Waals surface area (Å²) < 4.78 is 6.32. The number of anilines is 4. The maximum absolute atomic E-state index is 6.32. The molecule has 0 aliphatic carbocycles. The van der Waals surface area contributed by atoms with Crippen molar-refractivity contribution in [3.8, 4) is 11.3 Å². The second-order valence-corrected chi connectivity index (χ2v) is 9.52. The number of benzene rings is 4. The Hall–Kier alpha value is -5.03. The lowest BCUT2D eigenvalue weighted by molar-refractivity contribution is 0.496. The van der Waals surface area contributed by atoms with Crippen LogP contribution in [-0.2, 0) is 0 Å². The van der Waals surface area contributed by atoms with Crippen molar-refractivity contribution in [3.63, 3.8) is 0 Å². The average molecular weight is 495 g/mol. The largest absolute Gasteiger partial charge is 0.455 e. The zero-order valence-corrected chi connectivity index (χ0v) is 21.0. The molecule has 1 aliphatic rings. The first-order valence-electron chi connectivity index (χ1n) is 12.7. The molecule has 5 nitrogen and oxygen atoms in total. The molecule has 0 amide bonds. The van der Waals surface area contributed by atoms with Crippen LogP contribution in [0.1, 0.15) is 0 Å². The summed E-state index contributed by atoms with van der Waals surface area (Å²) in [6.45, 7) is 0.823. The molecule has 5 heteroatoms. The predicted molar refractivity (Wildman–Crippen MR) is 156 cm³/mol. The van der Waals surface area contributed by atoms with E-state index in [0.717, 1.165) is 62.7 Å². The van der Waals surface area contributed by atoms with Gasteiger partial charge in [-0.05, 0) is 54.6 Å². The molecular formula is C33H26N4O. The lowest BCUT2D eigenvalue weighted by Gasteiger charge is -2.26. The number of para-hydroxylation sites is 3. The number of fused-ring (bicyclic) bond motifs is 3. The van der Waals surface area contributed by atoms with E-state index in [1.807, 2.05) is 24.3 Å². The third-order valence-electron chi connectivity index (χ3n) is 6.95. The van der Waals surface area contributed by atoms with Gasteiger partial charge in [-0.1, -0.05) is 60.7 Å². The summed E-state index contributed by atoms with van der Waals surface area (Å²) in [7, 11) is 2.08. The highest BCUT2D eigenvalue weighted by atomic mass is 16.3. The van der Waals surface area contributed by atoms with Gasteiger partial charge >= 0.3 is 0 Å². The second-order valence-electron chi connectivity index (χ2n) is 9.52. The van der Waals surface area contributed by atoms with Crippen molar-refractivity contribution in [2.24, 2.45) is 0 Å². The van der Waals surface area contributed by atoms with E-state index >= 15 is 0 Å². The van der Waals surface area contributed by atoms with Gasteiger partial charge in [0.05, 0.1) is 12.4 Å². The molecular weight excluding hydrogens is 468 g/mol. The Morgan fingerprint density at radius 2 is 1.47 bits per heavy atom. The minimum absolute atomic E-state index is 0.823. The quantitative estimate of drug-likeness (QED) is 0.241. The Morgan fingerprint density at radius 1 is 0.711 bits per heavy atom. The maximum Gasteiger partial charge on any atom is 0.144 e. The van der Waals surface area contributed by atoms with E-state index in [1.165, 1.54) is 0 Å². The standard InChI is InChI=1S/C33H26N4O/c1-35-20-21-36(23-35)25-12-7-13-26(22-25)37(24-10-3-2-4-11-24)32-19-9-17-30(34-32)29-16-8-15-28-27-14-5-6-18-31(27)38-33(28)29/h2-22H,23H2,1H3. The van der Waals surface area contributed by atoms with Crippen molar-refractivity contribution in [2.75, 3.05) is 23.5 Å². The number of pyridine rings is 1. The van der Waals surface area contributed by atoms with E-state index in [4.69, 9.17) is 9.40 Å². The minimum Gasteiger partial charge on any atom is -0.455 e. The van der Waals surface area contributed by atoms with Gasteiger partial charge in [-0.3, -0.25) is 4.90 Å². The van der Waals surface area contributed by atoms with Crippen LogP contribution in [0.3, 0.4) is 0 Å². The van der Waals surface area contributed by atoms with Crippen LogP contribution in [0.4, 0.5) is 22.9 Å². The average Bonchev–Trinajstić information content (AvgIpc) is 3.58. The summed E-state index contributed by atoms with van der Waals surface area (Å²) in [5.41, 5.74) is 6.81. The molecule has 2 aromatic heterocycles. The van der Waals surface area contributed by atoms with E-state index in [0.29, 0.717) is 0 Å². The van der Waals surface area contributed by atoms with Crippen molar-refractivity contribution in [2.45, 2.75) is 0 Å².